The largest absolute Gasteiger partial charge is 0.467 e. The number of rotatable bonds is 5. The van der Waals surface area contributed by atoms with Gasteiger partial charge in [-0.05, 0) is 37.3 Å². The summed E-state index contributed by atoms with van der Waals surface area (Å²) in [4.78, 5) is 4.62. The molecular formula is C16H18ClN3O2. The van der Waals surface area contributed by atoms with Crippen molar-refractivity contribution in [3.63, 3.8) is 0 Å². The molecule has 22 heavy (non-hydrogen) atoms. The van der Waals surface area contributed by atoms with E-state index in [-0.39, 0.29) is 6.04 Å². The van der Waals surface area contributed by atoms with E-state index in [0.29, 0.717) is 17.3 Å². The lowest BCUT2D eigenvalue weighted by Gasteiger charge is -2.16. The average molecular weight is 320 g/mol. The number of aromatic nitrogens is 2. The zero-order chi connectivity index (χ0) is 15.7. The Hall–Kier alpha value is -1.82. The van der Waals surface area contributed by atoms with Crippen molar-refractivity contribution in [1.29, 1.82) is 0 Å². The second-order valence-electron chi connectivity index (χ2n) is 5.32. The molecule has 0 aliphatic rings. The zero-order valence-corrected chi connectivity index (χ0v) is 13.2. The second kappa shape index (κ2) is 6.12. The van der Waals surface area contributed by atoms with E-state index >= 15 is 0 Å². The first-order valence-corrected chi connectivity index (χ1v) is 7.51. The van der Waals surface area contributed by atoms with E-state index < -0.39 is 6.10 Å². The Balaban J connectivity index is 1.74. The summed E-state index contributed by atoms with van der Waals surface area (Å²) in [7, 11) is 1.97. The van der Waals surface area contributed by atoms with Crippen molar-refractivity contribution in [3.8, 4) is 0 Å². The highest BCUT2D eigenvalue weighted by Crippen LogP contribution is 2.23. The Morgan fingerprint density at radius 1 is 1.41 bits per heavy atom. The molecule has 0 fully saturated rings. The predicted octanol–water partition coefficient (Wildman–Crippen LogP) is 3.20. The summed E-state index contributed by atoms with van der Waals surface area (Å²) in [6.45, 7) is 2.40. The quantitative estimate of drug-likeness (QED) is 0.758. The van der Waals surface area contributed by atoms with Gasteiger partial charge in [-0.1, -0.05) is 11.6 Å². The molecule has 0 saturated carbocycles. The molecule has 3 aromatic rings. The Morgan fingerprint density at radius 2 is 2.23 bits per heavy atom. The van der Waals surface area contributed by atoms with Gasteiger partial charge < -0.3 is 19.4 Å². The SMILES string of the molecule is CC(NCC(O)c1ccco1)c1nc2cc(Cl)ccc2n1C. The van der Waals surface area contributed by atoms with Crippen LogP contribution in [0.4, 0.5) is 0 Å². The summed E-state index contributed by atoms with van der Waals surface area (Å²) in [5, 5.41) is 14.0. The number of nitrogens with zero attached hydrogens (tertiary/aromatic N) is 2. The molecule has 2 heterocycles. The van der Waals surface area contributed by atoms with Crippen LogP contribution in [0.2, 0.25) is 5.02 Å². The first kappa shape index (κ1) is 15.1. The molecule has 2 unspecified atom stereocenters. The number of imidazole rings is 1. The maximum Gasteiger partial charge on any atom is 0.133 e. The molecule has 0 aliphatic heterocycles. The van der Waals surface area contributed by atoms with Crippen LogP contribution in [0.1, 0.15) is 30.7 Å². The number of nitrogens with one attached hydrogen (secondary N) is 1. The topological polar surface area (TPSA) is 63.2 Å². The third kappa shape index (κ3) is 2.88. The summed E-state index contributed by atoms with van der Waals surface area (Å²) in [6.07, 6.45) is 0.874. The smallest absolute Gasteiger partial charge is 0.133 e. The van der Waals surface area contributed by atoms with Crippen molar-refractivity contribution < 1.29 is 9.52 Å². The van der Waals surface area contributed by atoms with E-state index in [1.807, 2.05) is 36.7 Å². The predicted molar refractivity (Wildman–Crippen MR) is 85.8 cm³/mol. The van der Waals surface area contributed by atoms with E-state index in [2.05, 4.69) is 10.3 Å². The maximum absolute atomic E-state index is 10.0. The maximum atomic E-state index is 10.0. The highest BCUT2D eigenvalue weighted by atomic mass is 35.5. The fraction of sp³-hybridized carbons (Fsp3) is 0.312. The van der Waals surface area contributed by atoms with Gasteiger partial charge in [-0.2, -0.15) is 0 Å². The van der Waals surface area contributed by atoms with E-state index in [9.17, 15) is 5.11 Å². The molecule has 0 amide bonds. The molecule has 1 aromatic carbocycles. The van der Waals surface area contributed by atoms with Crippen LogP contribution in [0.5, 0.6) is 0 Å². The number of hydrogen-bond acceptors (Lipinski definition) is 4. The van der Waals surface area contributed by atoms with Crippen LogP contribution in [-0.2, 0) is 7.05 Å². The molecule has 0 bridgehead atoms. The Bertz CT molecular complexity index is 767. The second-order valence-corrected chi connectivity index (χ2v) is 5.76. The number of aliphatic hydroxyl groups is 1. The Kier molecular flexibility index (Phi) is 4.20. The van der Waals surface area contributed by atoms with Crippen molar-refractivity contribution >= 4 is 22.6 Å². The molecule has 116 valence electrons. The fourth-order valence-corrected chi connectivity index (χ4v) is 2.71. The Labute approximate surface area is 133 Å². The normalized spacial score (nSPS) is 14.4. The number of aryl methyl sites for hydroxylation is 1. The number of aliphatic hydroxyl groups excluding tert-OH is 1. The van der Waals surface area contributed by atoms with Crippen molar-refractivity contribution in [3.05, 3.63) is 53.2 Å². The molecule has 0 aliphatic carbocycles. The van der Waals surface area contributed by atoms with Gasteiger partial charge in [0.05, 0.1) is 23.3 Å². The lowest BCUT2D eigenvalue weighted by Crippen LogP contribution is -2.26. The van der Waals surface area contributed by atoms with Crippen molar-refractivity contribution in [2.24, 2.45) is 7.05 Å². The van der Waals surface area contributed by atoms with Gasteiger partial charge in [-0.15, -0.1) is 0 Å². The van der Waals surface area contributed by atoms with Gasteiger partial charge in [-0.25, -0.2) is 4.98 Å². The molecule has 0 saturated heterocycles. The Morgan fingerprint density at radius 3 is 2.95 bits per heavy atom. The average Bonchev–Trinajstić information content (AvgIpc) is 3.13. The monoisotopic (exact) mass is 319 g/mol. The lowest BCUT2D eigenvalue weighted by molar-refractivity contribution is 0.143. The molecular weight excluding hydrogens is 302 g/mol. The van der Waals surface area contributed by atoms with E-state index in [1.54, 1.807) is 18.4 Å². The summed E-state index contributed by atoms with van der Waals surface area (Å²) < 4.78 is 7.22. The van der Waals surface area contributed by atoms with Gasteiger partial charge in [0.25, 0.3) is 0 Å². The van der Waals surface area contributed by atoms with Crippen molar-refractivity contribution in [1.82, 2.24) is 14.9 Å². The molecule has 2 aromatic heterocycles. The number of hydrogen-bond donors (Lipinski definition) is 2. The minimum absolute atomic E-state index is 0.0132. The number of fused-ring (bicyclic) bond motifs is 1. The lowest BCUT2D eigenvalue weighted by atomic mass is 10.2. The van der Waals surface area contributed by atoms with E-state index in [1.165, 1.54) is 0 Å². The number of furan rings is 1. The molecule has 6 heteroatoms. The van der Waals surface area contributed by atoms with Crippen molar-refractivity contribution in [2.75, 3.05) is 6.54 Å². The van der Waals surface area contributed by atoms with Gasteiger partial charge in [0.1, 0.15) is 17.7 Å². The highest BCUT2D eigenvalue weighted by Gasteiger charge is 2.17. The number of benzene rings is 1. The van der Waals surface area contributed by atoms with Crippen LogP contribution >= 0.6 is 11.6 Å². The van der Waals surface area contributed by atoms with Gasteiger partial charge >= 0.3 is 0 Å². The minimum Gasteiger partial charge on any atom is -0.467 e. The van der Waals surface area contributed by atoms with Crippen molar-refractivity contribution in [2.45, 2.75) is 19.1 Å². The van der Waals surface area contributed by atoms with Gasteiger partial charge in [0.2, 0.25) is 0 Å². The molecule has 0 spiro atoms. The third-order valence-corrected chi connectivity index (χ3v) is 3.99. The molecule has 5 nitrogen and oxygen atoms in total. The summed E-state index contributed by atoms with van der Waals surface area (Å²) in [5.41, 5.74) is 1.89. The van der Waals surface area contributed by atoms with Gasteiger partial charge in [0.15, 0.2) is 0 Å². The van der Waals surface area contributed by atoms with Crippen LogP contribution in [0.25, 0.3) is 11.0 Å². The molecule has 2 N–H and O–H groups in total. The van der Waals surface area contributed by atoms with Crippen LogP contribution in [0, 0.1) is 0 Å². The first-order valence-electron chi connectivity index (χ1n) is 7.13. The zero-order valence-electron chi connectivity index (χ0n) is 12.5. The number of halogens is 1. The van der Waals surface area contributed by atoms with E-state index in [4.69, 9.17) is 16.0 Å². The highest BCUT2D eigenvalue weighted by molar-refractivity contribution is 6.31. The van der Waals surface area contributed by atoms with Crippen LogP contribution in [0.3, 0.4) is 0 Å². The summed E-state index contributed by atoms with van der Waals surface area (Å²) in [6, 6.07) is 9.17. The standard InChI is InChI=1S/C16H18ClN3O2/c1-10(18-9-14(21)15-4-3-7-22-15)16-19-12-8-11(17)5-6-13(12)20(16)2/h3-8,10,14,18,21H,9H2,1-2H3. The van der Waals surface area contributed by atoms with Gasteiger partial charge in [-0.3, -0.25) is 0 Å². The fourth-order valence-electron chi connectivity index (χ4n) is 2.54. The molecule has 0 radical (unpaired) electrons. The summed E-state index contributed by atoms with van der Waals surface area (Å²) in [5.74, 6) is 1.44. The molecule has 3 rings (SSSR count). The van der Waals surface area contributed by atoms with Crippen LogP contribution in [0.15, 0.2) is 41.0 Å². The van der Waals surface area contributed by atoms with Crippen LogP contribution < -0.4 is 5.32 Å². The third-order valence-electron chi connectivity index (χ3n) is 3.75. The summed E-state index contributed by atoms with van der Waals surface area (Å²) >= 11 is 6.01. The first-order chi connectivity index (χ1) is 10.6. The molecule has 2 atom stereocenters. The minimum atomic E-state index is -0.679. The van der Waals surface area contributed by atoms with Crippen LogP contribution in [-0.4, -0.2) is 21.2 Å². The van der Waals surface area contributed by atoms with Gasteiger partial charge in [0, 0.05) is 18.6 Å². The van der Waals surface area contributed by atoms with E-state index in [0.717, 1.165) is 16.9 Å².